The summed E-state index contributed by atoms with van der Waals surface area (Å²) in [5.41, 5.74) is 1.77. The van der Waals surface area contributed by atoms with Gasteiger partial charge in [-0.05, 0) is 37.3 Å². The van der Waals surface area contributed by atoms with Crippen LogP contribution in [-0.4, -0.2) is 35.7 Å². The number of anilines is 1. The van der Waals surface area contributed by atoms with Crippen molar-refractivity contribution in [2.75, 3.05) is 11.0 Å². The molecule has 134 valence electrons. The van der Waals surface area contributed by atoms with Crippen molar-refractivity contribution in [1.82, 2.24) is 9.97 Å². The van der Waals surface area contributed by atoms with Crippen LogP contribution in [0.1, 0.15) is 17.3 Å². The summed E-state index contributed by atoms with van der Waals surface area (Å²) in [6, 6.07) is 14.0. The molecule has 2 aromatic carbocycles. The largest absolute Gasteiger partial charge is 0.293 e. The summed E-state index contributed by atoms with van der Waals surface area (Å²) >= 11 is 1.38. The molecule has 0 saturated carbocycles. The first-order valence-corrected chi connectivity index (χ1v) is 10.6. The summed E-state index contributed by atoms with van der Waals surface area (Å²) in [6.07, 6.45) is 2.57. The van der Waals surface area contributed by atoms with Gasteiger partial charge in [0.15, 0.2) is 5.78 Å². The van der Waals surface area contributed by atoms with Gasteiger partial charge in [0.1, 0.15) is 11.4 Å². The number of nitrogens with one attached hydrogen (secondary N) is 1. The predicted octanol–water partition coefficient (Wildman–Crippen LogP) is 3.36. The van der Waals surface area contributed by atoms with E-state index in [0.717, 1.165) is 22.2 Å². The van der Waals surface area contributed by atoms with Gasteiger partial charge in [0.2, 0.25) is 10.0 Å². The normalized spacial score (nSPS) is 12.7. The number of para-hydroxylation sites is 1. The molecule has 0 amide bonds. The topological polar surface area (TPSA) is 89.0 Å². The minimum atomic E-state index is -3.34. The van der Waals surface area contributed by atoms with Crippen molar-refractivity contribution in [3.63, 3.8) is 0 Å². The van der Waals surface area contributed by atoms with Crippen molar-refractivity contribution in [2.24, 2.45) is 0 Å². The number of hydrogen-bond acceptors (Lipinski definition) is 6. The van der Waals surface area contributed by atoms with Gasteiger partial charge in [0.05, 0.1) is 17.0 Å². The van der Waals surface area contributed by atoms with Crippen LogP contribution < -0.4 is 4.72 Å². The van der Waals surface area contributed by atoms with E-state index in [9.17, 15) is 13.2 Å². The predicted molar refractivity (Wildman–Crippen MR) is 104 cm³/mol. The molecule has 8 heteroatoms. The maximum atomic E-state index is 12.7. The molecule has 1 aromatic heterocycles. The molecule has 3 aromatic rings. The van der Waals surface area contributed by atoms with E-state index < -0.39 is 10.0 Å². The number of rotatable bonds is 6. The van der Waals surface area contributed by atoms with E-state index in [0.29, 0.717) is 11.3 Å². The number of fused-ring (bicyclic) bond motifs is 1. The van der Waals surface area contributed by atoms with Crippen molar-refractivity contribution in [3.05, 3.63) is 60.4 Å². The molecule has 0 unspecified atom stereocenters. The molecule has 0 aliphatic carbocycles. The van der Waals surface area contributed by atoms with Crippen molar-refractivity contribution >= 4 is 44.2 Å². The third kappa shape index (κ3) is 4.39. The summed E-state index contributed by atoms with van der Waals surface area (Å²) in [7, 11) is -3.34. The molecule has 6 nitrogen and oxygen atoms in total. The summed E-state index contributed by atoms with van der Waals surface area (Å²) < 4.78 is 24.9. The summed E-state index contributed by atoms with van der Waals surface area (Å²) in [6.45, 7) is 1.83. The number of nitrogens with zero attached hydrogens (tertiary/aromatic N) is 2. The Morgan fingerprint density at radius 3 is 2.46 bits per heavy atom. The average Bonchev–Trinajstić information content (AvgIpc) is 2.61. The number of ketones is 1. The lowest BCUT2D eigenvalue weighted by molar-refractivity contribution is 0.0994. The first-order valence-electron chi connectivity index (χ1n) is 7.82. The number of Topliss-reactive ketones (excluding diaryl/α,β-unsaturated/α-hetero) is 1. The standard InChI is InChI=1S/C18H17N3O3S2/c1-12(25-18-15-5-3-4-6-16(15)19-11-20-18)17(22)13-7-9-14(10-8-13)21-26(2,23)24/h3-12,21H,1-2H3/t12-/m1/s1. The Balaban J connectivity index is 1.77. The summed E-state index contributed by atoms with van der Waals surface area (Å²) in [5.74, 6) is -0.0522. The van der Waals surface area contributed by atoms with E-state index in [4.69, 9.17) is 0 Å². The van der Waals surface area contributed by atoms with Crippen molar-refractivity contribution in [2.45, 2.75) is 17.2 Å². The number of thioether (sulfide) groups is 1. The maximum Gasteiger partial charge on any atom is 0.229 e. The lowest BCUT2D eigenvalue weighted by Crippen LogP contribution is -2.14. The SMILES string of the molecule is C[C@@H](Sc1ncnc2ccccc12)C(=O)c1ccc(NS(C)(=O)=O)cc1. The Hall–Kier alpha value is -2.45. The second-order valence-electron chi connectivity index (χ2n) is 5.77. The van der Waals surface area contributed by atoms with Gasteiger partial charge in [-0.25, -0.2) is 18.4 Å². The lowest BCUT2D eigenvalue weighted by Gasteiger charge is -2.12. The van der Waals surface area contributed by atoms with E-state index in [1.54, 1.807) is 24.3 Å². The molecule has 0 fully saturated rings. The average molecular weight is 387 g/mol. The van der Waals surface area contributed by atoms with Gasteiger partial charge in [-0.1, -0.05) is 30.0 Å². The van der Waals surface area contributed by atoms with Gasteiger partial charge in [0.25, 0.3) is 0 Å². The Morgan fingerprint density at radius 2 is 1.77 bits per heavy atom. The van der Waals surface area contributed by atoms with Crippen LogP contribution in [0.15, 0.2) is 59.9 Å². The van der Waals surface area contributed by atoms with E-state index in [-0.39, 0.29) is 11.0 Å². The molecule has 1 atom stereocenters. The fraction of sp³-hybridized carbons (Fsp3) is 0.167. The van der Waals surface area contributed by atoms with Gasteiger partial charge < -0.3 is 0 Å². The molecule has 0 saturated heterocycles. The van der Waals surface area contributed by atoms with Crippen molar-refractivity contribution in [1.29, 1.82) is 0 Å². The maximum absolute atomic E-state index is 12.7. The molecular formula is C18H17N3O3S2. The molecule has 0 aliphatic heterocycles. The van der Waals surface area contributed by atoms with Crippen molar-refractivity contribution < 1.29 is 13.2 Å². The third-order valence-electron chi connectivity index (χ3n) is 3.64. The number of hydrogen-bond donors (Lipinski definition) is 1. The van der Waals surface area contributed by atoms with Gasteiger partial charge >= 0.3 is 0 Å². The van der Waals surface area contributed by atoms with Crippen LogP contribution >= 0.6 is 11.8 Å². The number of carbonyl (C=O) groups excluding carboxylic acids is 1. The van der Waals surface area contributed by atoms with E-state index in [2.05, 4.69) is 14.7 Å². The minimum absolute atomic E-state index is 0.0522. The Labute approximate surface area is 156 Å². The molecule has 1 N–H and O–H groups in total. The zero-order chi connectivity index (χ0) is 18.7. The molecule has 1 heterocycles. The number of aromatic nitrogens is 2. The second kappa shape index (κ2) is 7.43. The highest BCUT2D eigenvalue weighted by molar-refractivity contribution is 8.00. The Kier molecular flexibility index (Phi) is 5.24. The molecule has 0 bridgehead atoms. The second-order valence-corrected chi connectivity index (χ2v) is 8.85. The van der Waals surface area contributed by atoms with E-state index in [1.165, 1.54) is 18.1 Å². The monoisotopic (exact) mass is 387 g/mol. The van der Waals surface area contributed by atoms with E-state index in [1.807, 2.05) is 31.2 Å². The van der Waals surface area contributed by atoms with Crippen LogP contribution in [0.2, 0.25) is 0 Å². The highest BCUT2D eigenvalue weighted by Crippen LogP contribution is 2.29. The van der Waals surface area contributed by atoms with Crippen LogP contribution in [0, 0.1) is 0 Å². The fourth-order valence-electron chi connectivity index (χ4n) is 2.45. The highest BCUT2D eigenvalue weighted by atomic mass is 32.2. The molecule has 0 spiro atoms. The van der Waals surface area contributed by atoms with Crippen LogP contribution in [0.4, 0.5) is 5.69 Å². The minimum Gasteiger partial charge on any atom is -0.293 e. The smallest absolute Gasteiger partial charge is 0.229 e. The van der Waals surface area contributed by atoms with Crippen LogP contribution in [0.25, 0.3) is 10.9 Å². The van der Waals surface area contributed by atoms with Crippen molar-refractivity contribution in [3.8, 4) is 0 Å². The first kappa shape index (κ1) is 18.3. The summed E-state index contributed by atoms with van der Waals surface area (Å²) in [4.78, 5) is 21.2. The van der Waals surface area contributed by atoms with Crippen LogP contribution in [0.5, 0.6) is 0 Å². The van der Waals surface area contributed by atoms with Gasteiger partial charge in [-0.15, -0.1) is 0 Å². The number of carbonyl (C=O) groups is 1. The van der Waals surface area contributed by atoms with Gasteiger partial charge in [-0.3, -0.25) is 9.52 Å². The quantitative estimate of drug-likeness (QED) is 0.396. The number of sulfonamides is 1. The zero-order valence-electron chi connectivity index (χ0n) is 14.2. The molecule has 0 radical (unpaired) electrons. The highest BCUT2D eigenvalue weighted by Gasteiger charge is 2.18. The third-order valence-corrected chi connectivity index (χ3v) is 5.36. The van der Waals surface area contributed by atoms with E-state index >= 15 is 0 Å². The Morgan fingerprint density at radius 1 is 1.08 bits per heavy atom. The lowest BCUT2D eigenvalue weighted by atomic mass is 10.1. The molecule has 3 rings (SSSR count). The van der Waals surface area contributed by atoms with Gasteiger partial charge in [-0.2, -0.15) is 0 Å². The molecule has 0 aliphatic rings. The molecule has 26 heavy (non-hydrogen) atoms. The van der Waals surface area contributed by atoms with Crippen LogP contribution in [-0.2, 0) is 10.0 Å². The fourth-order valence-corrected chi connectivity index (χ4v) is 4.00. The number of benzene rings is 2. The molecular weight excluding hydrogens is 370 g/mol. The van der Waals surface area contributed by atoms with Gasteiger partial charge in [0, 0.05) is 16.6 Å². The summed E-state index contributed by atoms with van der Waals surface area (Å²) in [5, 5.41) is 1.32. The zero-order valence-corrected chi connectivity index (χ0v) is 15.8. The first-order chi connectivity index (χ1) is 12.3. The Bertz CT molecular complexity index is 1050. The van der Waals surface area contributed by atoms with Crippen LogP contribution in [0.3, 0.4) is 0 Å².